The third-order valence-corrected chi connectivity index (χ3v) is 3.83. The van der Waals surface area contributed by atoms with Gasteiger partial charge in [-0.25, -0.2) is 0 Å². The van der Waals surface area contributed by atoms with Gasteiger partial charge in [0.1, 0.15) is 0 Å². The summed E-state index contributed by atoms with van der Waals surface area (Å²) in [6, 6.07) is 1.87. The fourth-order valence-corrected chi connectivity index (χ4v) is 2.68. The highest BCUT2D eigenvalue weighted by molar-refractivity contribution is 7.14. The molecular weight excluding hydrogens is 260 g/mol. The van der Waals surface area contributed by atoms with Gasteiger partial charge < -0.3 is 15.7 Å². The number of thiophene rings is 1. The molecule has 0 fully saturated rings. The first-order valence-electron chi connectivity index (χ1n) is 6.33. The third-order valence-electron chi connectivity index (χ3n) is 2.69. The maximum absolute atomic E-state index is 12.3. The highest BCUT2D eigenvalue weighted by atomic mass is 32.1. The van der Waals surface area contributed by atoms with Crippen molar-refractivity contribution in [2.75, 3.05) is 26.2 Å². The van der Waals surface area contributed by atoms with Gasteiger partial charge in [-0.1, -0.05) is 11.8 Å². The highest BCUT2D eigenvalue weighted by Crippen LogP contribution is 2.22. The Kier molecular flexibility index (Phi) is 6.57. The molecule has 0 spiro atoms. The van der Waals surface area contributed by atoms with Gasteiger partial charge in [0.15, 0.2) is 0 Å². The molecule has 0 aliphatic heterocycles. The summed E-state index contributed by atoms with van der Waals surface area (Å²) < 4.78 is 0. The van der Waals surface area contributed by atoms with Crippen LogP contribution in [0, 0.1) is 18.8 Å². The molecule has 1 heterocycles. The summed E-state index contributed by atoms with van der Waals surface area (Å²) in [5.41, 5.74) is 6.36. The van der Waals surface area contributed by atoms with Gasteiger partial charge >= 0.3 is 0 Å². The first kappa shape index (κ1) is 15.7. The maximum atomic E-state index is 12.3. The lowest BCUT2D eigenvalue weighted by atomic mass is 10.2. The van der Waals surface area contributed by atoms with E-state index in [9.17, 15) is 4.79 Å². The Hall–Kier alpha value is -1.35. The molecule has 19 heavy (non-hydrogen) atoms. The van der Waals surface area contributed by atoms with E-state index in [0.29, 0.717) is 30.9 Å². The molecule has 104 valence electrons. The fourth-order valence-electron chi connectivity index (χ4n) is 1.66. The largest absolute Gasteiger partial charge is 0.396 e. The smallest absolute Gasteiger partial charge is 0.263 e. The zero-order valence-corrected chi connectivity index (χ0v) is 12.2. The number of carbonyl (C=O) groups is 1. The fraction of sp³-hybridized carbons (Fsp3) is 0.500. The van der Waals surface area contributed by atoms with Crippen LogP contribution in [0.4, 0.5) is 0 Å². The summed E-state index contributed by atoms with van der Waals surface area (Å²) in [5.74, 6) is 5.79. The molecule has 0 unspecified atom stereocenters. The molecule has 1 aromatic heterocycles. The number of aliphatic hydroxyl groups excluding tert-OH is 1. The van der Waals surface area contributed by atoms with Crippen LogP contribution in [-0.4, -0.2) is 42.2 Å². The van der Waals surface area contributed by atoms with Crippen LogP contribution in [0.3, 0.4) is 0 Å². The summed E-state index contributed by atoms with van der Waals surface area (Å²) in [7, 11) is 0. The number of nitrogens with zero attached hydrogens (tertiary/aromatic N) is 1. The number of hydrogen-bond acceptors (Lipinski definition) is 4. The molecule has 0 bridgehead atoms. The molecule has 4 nitrogen and oxygen atoms in total. The van der Waals surface area contributed by atoms with Gasteiger partial charge in [-0.3, -0.25) is 4.79 Å². The minimum atomic E-state index is 0.00449. The van der Waals surface area contributed by atoms with Gasteiger partial charge in [-0.2, -0.15) is 0 Å². The molecule has 1 amide bonds. The van der Waals surface area contributed by atoms with E-state index in [1.807, 2.05) is 19.9 Å². The first-order chi connectivity index (χ1) is 9.13. The van der Waals surface area contributed by atoms with Crippen molar-refractivity contribution in [3.05, 3.63) is 21.4 Å². The average molecular weight is 280 g/mol. The van der Waals surface area contributed by atoms with Crippen LogP contribution >= 0.6 is 11.3 Å². The molecule has 0 aliphatic carbocycles. The van der Waals surface area contributed by atoms with Gasteiger partial charge in [0.25, 0.3) is 5.91 Å². The Bertz CT molecular complexity index is 485. The minimum Gasteiger partial charge on any atom is -0.396 e. The number of carbonyl (C=O) groups excluding carboxylic acids is 1. The van der Waals surface area contributed by atoms with Crippen LogP contribution in [0.15, 0.2) is 6.07 Å². The zero-order valence-electron chi connectivity index (χ0n) is 11.4. The quantitative estimate of drug-likeness (QED) is 0.797. The Morgan fingerprint density at radius 3 is 2.89 bits per heavy atom. The van der Waals surface area contributed by atoms with E-state index < -0.39 is 0 Å². The number of aryl methyl sites for hydroxylation is 1. The van der Waals surface area contributed by atoms with Gasteiger partial charge in [0, 0.05) is 19.7 Å². The van der Waals surface area contributed by atoms with Crippen molar-refractivity contribution in [1.82, 2.24) is 4.90 Å². The second-order valence-corrected chi connectivity index (χ2v) is 5.14. The summed E-state index contributed by atoms with van der Waals surface area (Å²) >= 11 is 1.40. The van der Waals surface area contributed by atoms with Crippen molar-refractivity contribution >= 4 is 17.2 Å². The van der Waals surface area contributed by atoms with Crippen LogP contribution in [0.1, 0.15) is 33.5 Å². The van der Waals surface area contributed by atoms with E-state index in [1.165, 1.54) is 11.3 Å². The number of hydrogen-bond donors (Lipinski definition) is 2. The van der Waals surface area contributed by atoms with E-state index in [2.05, 4.69) is 11.8 Å². The van der Waals surface area contributed by atoms with Crippen molar-refractivity contribution in [3.8, 4) is 11.8 Å². The third kappa shape index (κ3) is 4.35. The molecular formula is C14H20N2O2S. The van der Waals surface area contributed by atoms with Crippen molar-refractivity contribution in [1.29, 1.82) is 0 Å². The van der Waals surface area contributed by atoms with Gasteiger partial charge in [-0.15, -0.1) is 11.3 Å². The average Bonchev–Trinajstić information content (AvgIpc) is 2.78. The SMILES string of the molecule is CCN(CCCO)C(=O)c1cc(C)c(C#CCN)s1. The van der Waals surface area contributed by atoms with Gasteiger partial charge in [-0.05, 0) is 31.9 Å². The van der Waals surface area contributed by atoms with E-state index >= 15 is 0 Å². The zero-order chi connectivity index (χ0) is 14.3. The standard InChI is InChI=1S/C14H20N2O2S/c1-3-16(8-5-9-17)14(18)13-10-11(2)12(19-13)6-4-7-15/h10,17H,3,5,7-9,15H2,1-2H3. The summed E-state index contributed by atoms with van der Waals surface area (Å²) in [4.78, 5) is 15.6. The Labute approximate surface area is 118 Å². The lowest BCUT2D eigenvalue weighted by Gasteiger charge is -2.19. The molecule has 1 rings (SSSR count). The van der Waals surface area contributed by atoms with E-state index in [0.717, 1.165) is 10.4 Å². The lowest BCUT2D eigenvalue weighted by molar-refractivity contribution is 0.0759. The van der Waals surface area contributed by atoms with E-state index in [1.54, 1.807) is 4.90 Å². The Morgan fingerprint density at radius 2 is 2.32 bits per heavy atom. The second-order valence-electron chi connectivity index (χ2n) is 4.09. The molecule has 0 aliphatic rings. The predicted octanol–water partition coefficient (Wildman–Crippen LogP) is 1.21. The van der Waals surface area contributed by atoms with Crippen LogP contribution in [0.5, 0.6) is 0 Å². The maximum Gasteiger partial charge on any atom is 0.263 e. The summed E-state index contributed by atoms with van der Waals surface area (Å²) in [6.07, 6.45) is 0.601. The Morgan fingerprint density at radius 1 is 1.58 bits per heavy atom. The normalized spacial score (nSPS) is 9.89. The first-order valence-corrected chi connectivity index (χ1v) is 7.15. The van der Waals surface area contributed by atoms with E-state index in [4.69, 9.17) is 10.8 Å². The number of rotatable bonds is 5. The summed E-state index contributed by atoms with van der Waals surface area (Å²) in [6.45, 7) is 5.51. The van der Waals surface area contributed by atoms with Crippen LogP contribution in [0.25, 0.3) is 0 Å². The molecule has 0 aromatic carbocycles. The monoisotopic (exact) mass is 280 g/mol. The molecule has 0 atom stereocenters. The van der Waals surface area contributed by atoms with Crippen LogP contribution in [0.2, 0.25) is 0 Å². The van der Waals surface area contributed by atoms with Crippen molar-refractivity contribution in [2.45, 2.75) is 20.3 Å². The molecule has 0 radical (unpaired) electrons. The molecule has 1 aromatic rings. The number of nitrogens with two attached hydrogens (primary N) is 1. The van der Waals surface area contributed by atoms with Crippen molar-refractivity contribution < 1.29 is 9.90 Å². The van der Waals surface area contributed by atoms with Crippen LogP contribution < -0.4 is 5.73 Å². The van der Waals surface area contributed by atoms with Crippen molar-refractivity contribution in [2.24, 2.45) is 5.73 Å². The minimum absolute atomic E-state index is 0.00449. The number of aliphatic hydroxyl groups is 1. The Balaban J connectivity index is 2.87. The molecule has 0 saturated heterocycles. The highest BCUT2D eigenvalue weighted by Gasteiger charge is 2.17. The molecule has 0 saturated carbocycles. The van der Waals surface area contributed by atoms with E-state index in [-0.39, 0.29) is 12.5 Å². The second kappa shape index (κ2) is 7.95. The predicted molar refractivity (Wildman–Crippen MR) is 78.3 cm³/mol. The molecule has 3 N–H and O–H groups in total. The van der Waals surface area contributed by atoms with Gasteiger partial charge in [0.2, 0.25) is 0 Å². The van der Waals surface area contributed by atoms with Crippen molar-refractivity contribution in [3.63, 3.8) is 0 Å². The van der Waals surface area contributed by atoms with Crippen LogP contribution in [-0.2, 0) is 0 Å². The summed E-state index contributed by atoms with van der Waals surface area (Å²) in [5, 5.41) is 8.84. The van der Waals surface area contributed by atoms with Gasteiger partial charge in [0.05, 0.1) is 16.3 Å². The molecule has 5 heteroatoms. The lowest BCUT2D eigenvalue weighted by Crippen LogP contribution is -2.31. The topological polar surface area (TPSA) is 66.6 Å². The number of amides is 1.